The van der Waals surface area contributed by atoms with Gasteiger partial charge in [-0.15, -0.1) is 0 Å². The van der Waals surface area contributed by atoms with Gasteiger partial charge in [-0.3, -0.25) is 9.69 Å². The first-order valence-electron chi connectivity index (χ1n) is 7.68. The molecule has 3 rings (SSSR count). The number of hydrogen-bond donors (Lipinski definition) is 1. The predicted molar refractivity (Wildman–Crippen MR) is 78.2 cm³/mol. The van der Waals surface area contributed by atoms with E-state index in [4.69, 9.17) is 0 Å². The van der Waals surface area contributed by atoms with E-state index in [0.717, 1.165) is 30.6 Å². The fraction of sp³-hybridized carbons (Fsp3) is 0.688. The van der Waals surface area contributed by atoms with Crippen molar-refractivity contribution < 1.29 is 9.90 Å². The van der Waals surface area contributed by atoms with Gasteiger partial charge in [-0.25, -0.2) is 0 Å². The predicted octanol–water partition coefficient (Wildman–Crippen LogP) is 2.08. The molecule has 1 aliphatic carbocycles. The van der Waals surface area contributed by atoms with Gasteiger partial charge in [0.1, 0.15) is 0 Å². The van der Waals surface area contributed by atoms with Crippen LogP contribution in [0.15, 0.2) is 6.07 Å². The Morgan fingerprint density at radius 1 is 1.35 bits per heavy atom. The van der Waals surface area contributed by atoms with E-state index in [1.165, 1.54) is 18.5 Å². The third-order valence-corrected chi connectivity index (χ3v) is 4.54. The van der Waals surface area contributed by atoms with Crippen molar-refractivity contribution in [3.05, 3.63) is 23.0 Å². The van der Waals surface area contributed by atoms with E-state index in [-0.39, 0.29) is 11.9 Å². The van der Waals surface area contributed by atoms with Crippen molar-refractivity contribution in [2.45, 2.75) is 51.7 Å². The van der Waals surface area contributed by atoms with Gasteiger partial charge in [-0.2, -0.15) is 0 Å². The zero-order valence-corrected chi connectivity index (χ0v) is 12.4. The Hall–Kier alpha value is -1.13. The van der Waals surface area contributed by atoms with Gasteiger partial charge in [-0.05, 0) is 52.1 Å². The van der Waals surface area contributed by atoms with Gasteiger partial charge < -0.3 is 9.67 Å². The Balaban J connectivity index is 1.72. The molecule has 1 saturated carbocycles. The molecule has 2 fully saturated rings. The minimum absolute atomic E-state index is 0.194. The highest BCUT2D eigenvalue weighted by atomic mass is 16.3. The van der Waals surface area contributed by atoms with Crippen molar-refractivity contribution in [1.82, 2.24) is 9.47 Å². The van der Waals surface area contributed by atoms with Gasteiger partial charge in [0.2, 0.25) is 0 Å². The summed E-state index contributed by atoms with van der Waals surface area (Å²) in [6.45, 7) is 6.14. The van der Waals surface area contributed by atoms with Crippen molar-refractivity contribution >= 4 is 5.78 Å². The number of rotatable bonds is 4. The molecule has 0 aromatic carbocycles. The van der Waals surface area contributed by atoms with Crippen LogP contribution in [0.2, 0.25) is 0 Å². The molecule has 4 nitrogen and oxygen atoms in total. The van der Waals surface area contributed by atoms with Crippen molar-refractivity contribution in [2.75, 3.05) is 19.6 Å². The van der Waals surface area contributed by atoms with Gasteiger partial charge in [0.05, 0.1) is 12.6 Å². The van der Waals surface area contributed by atoms with Gasteiger partial charge in [-0.1, -0.05) is 0 Å². The normalized spacial score (nSPS) is 24.1. The summed E-state index contributed by atoms with van der Waals surface area (Å²) in [5.74, 6) is 0.194. The molecule has 1 N–H and O–H groups in total. The second-order valence-corrected chi connectivity index (χ2v) is 6.34. The first kappa shape index (κ1) is 13.8. The van der Waals surface area contributed by atoms with Crippen molar-refractivity contribution in [1.29, 1.82) is 0 Å². The fourth-order valence-corrected chi connectivity index (χ4v) is 3.42. The summed E-state index contributed by atoms with van der Waals surface area (Å²) < 4.78 is 2.32. The van der Waals surface area contributed by atoms with Crippen LogP contribution in [-0.4, -0.2) is 46.1 Å². The number of aromatic nitrogens is 1. The number of carbonyl (C=O) groups is 1. The molecular weight excluding hydrogens is 252 g/mol. The molecule has 0 amide bonds. The topological polar surface area (TPSA) is 45.5 Å². The van der Waals surface area contributed by atoms with E-state index in [0.29, 0.717) is 19.1 Å². The maximum Gasteiger partial charge on any atom is 0.178 e. The maximum atomic E-state index is 12.5. The lowest BCUT2D eigenvalue weighted by Gasteiger charge is -2.29. The molecule has 110 valence electrons. The largest absolute Gasteiger partial charge is 0.392 e. The molecule has 1 saturated heterocycles. The van der Waals surface area contributed by atoms with Gasteiger partial charge in [0, 0.05) is 29.5 Å². The molecular formula is C16H24N2O2. The summed E-state index contributed by atoms with van der Waals surface area (Å²) in [5.41, 5.74) is 3.19. The standard InChI is InChI=1S/C16H24N2O2/c1-11-8-15(12(2)18(11)13-5-6-13)16(20)10-17-7-3-4-14(19)9-17/h8,13-14,19H,3-7,9-10H2,1-2H3. The number of carbonyl (C=O) groups excluding carboxylic acids is 1. The fourth-order valence-electron chi connectivity index (χ4n) is 3.42. The van der Waals surface area contributed by atoms with Crippen LogP contribution in [0.1, 0.15) is 53.5 Å². The lowest BCUT2D eigenvalue weighted by molar-refractivity contribution is 0.0634. The second-order valence-electron chi connectivity index (χ2n) is 6.34. The summed E-state index contributed by atoms with van der Waals surface area (Å²) in [7, 11) is 0. The van der Waals surface area contributed by atoms with E-state index < -0.39 is 0 Å². The number of likely N-dealkylation sites (tertiary alicyclic amines) is 1. The summed E-state index contributed by atoms with van der Waals surface area (Å²) in [6, 6.07) is 2.66. The number of ketones is 1. The molecule has 0 spiro atoms. The van der Waals surface area contributed by atoms with E-state index >= 15 is 0 Å². The average molecular weight is 276 g/mol. The summed E-state index contributed by atoms with van der Waals surface area (Å²) in [6.07, 6.45) is 4.05. The first-order chi connectivity index (χ1) is 9.56. The first-order valence-corrected chi connectivity index (χ1v) is 7.68. The highest BCUT2D eigenvalue weighted by Gasteiger charge is 2.29. The van der Waals surface area contributed by atoms with E-state index in [1.54, 1.807) is 0 Å². The van der Waals surface area contributed by atoms with Crippen molar-refractivity contribution in [3.63, 3.8) is 0 Å². The highest BCUT2D eigenvalue weighted by molar-refractivity contribution is 5.99. The Morgan fingerprint density at radius 2 is 2.10 bits per heavy atom. The van der Waals surface area contributed by atoms with Crippen molar-refractivity contribution in [2.24, 2.45) is 0 Å². The molecule has 1 aliphatic heterocycles. The van der Waals surface area contributed by atoms with Crippen LogP contribution in [0.4, 0.5) is 0 Å². The zero-order valence-electron chi connectivity index (χ0n) is 12.4. The lowest BCUT2D eigenvalue weighted by Crippen LogP contribution is -2.41. The second kappa shape index (κ2) is 5.34. The van der Waals surface area contributed by atoms with E-state index in [1.807, 2.05) is 6.07 Å². The zero-order chi connectivity index (χ0) is 14.3. The Bertz CT molecular complexity index is 517. The number of β-amino-alcohol motifs (C(OH)–C–C–N with tert-alkyl or cyclic N) is 1. The minimum Gasteiger partial charge on any atom is -0.392 e. The molecule has 0 bridgehead atoms. The SMILES string of the molecule is Cc1cc(C(=O)CN2CCCC(O)C2)c(C)n1C1CC1. The maximum absolute atomic E-state index is 12.5. The molecule has 20 heavy (non-hydrogen) atoms. The van der Waals surface area contributed by atoms with Gasteiger partial charge in [0.15, 0.2) is 5.78 Å². The number of nitrogens with zero attached hydrogens (tertiary/aromatic N) is 2. The Morgan fingerprint density at radius 3 is 2.75 bits per heavy atom. The third kappa shape index (κ3) is 2.67. The van der Waals surface area contributed by atoms with Crippen LogP contribution in [0.5, 0.6) is 0 Å². The molecule has 1 unspecified atom stereocenters. The number of aliphatic hydroxyl groups excluding tert-OH is 1. The van der Waals surface area contributed by atoms with Crippen molar-refractivity contribution in [3.8, 4) is 0 Å². The molecule has 2 heterocycles. The van der Waals surface area contributed by atoms with Gasteiger partial charge >= 0.3 is 0 Å². The quantitative estimate of drug-likeness (QED) is 0.856. The van der Waals surface area contributed by atoms with E-state index in [2.05, 4.69) is 23.3 Å². The van der Waals surface area contributed by atoms with Crippen LogP contribution >= 0.6 is 0 Å². The van der Waals surface area contributed by atoms with Crippen LogP contribution in [0, 0.1) is 13.8 Å². The van der Waals surface area contributed by atoms with E-state index in [9.17, 15) is 9.90 Å². The number of aliphatic hydroxyl groups is 1. The van der Waals surface area contributed by atoms with Crippen LogP contribution in [-0.2, 0) is 0 Å². The summed E-state index contributed by atoms with van der Waals surface area (Å²) in [5, 5.41) is 9.69. The smallest absolute Gasteiger partial charge is 0.178 e. The van der Waals surface area contributed by atoms with Crippen LogP contribution in [0.3, 0.4) is 0 Å². The van der Waals surface area contributed by atoms with Crippen LogP contribution < -0.4 is 0 Å². The molecule has 4 heteroatoms. The van der Waals surface area contributed by atoms with Gasteiger partial charge in [0.25, 0.3) is 0 Å². The number of piperidine rings is 1. The van der Waals surface area contributed by atoms with Crippen LogP contribution in [0.25, 0.3) is 0 Å². The molecule has 0 radical (unpaired) electrons. The highest BCUT2D eigenvalue weighted by Crippen LogP contribution is 2.38. The summed E-state index contributed by atoms with van der Waals surface area (Å²) in [4.78, 5) is 14.6. The third-order valence-electron chi connectivity index (χ3n) is 4.54. The Labute approximate surface area is 120 Å². The Kier molecular flexibility index (Phi) is 3.69. The number of Topliss-reactive ketones (excluding diaryl/α,β-unsaturated/α-hetero) is 1. The minimum atomic E-state index is -0.268. The number of hydrogen-bond acceptors (Lipinski definition) is 3. The number of aryl methyl sites for hydroxylation is 1. The average Bonchev–Trinajstić information content (AvgIpc) is 3.16. The lowest BCUT2D eigenvalue weighted by atomic mass is 10.1. The molecule has 1 atom stereocenters. The summed E-state index contributed by atoms with van der Waals surface area (Å²) >= 11 is 0. The molecule has 1 aromatic rings. The molecule has 2 aliphatic rings. The molecule has 1 aromatic heterocycles. The monoisotopic (exact) mass is 276 g/mol.